The maximum absolute atomic E-state index is 12.3. The lowest BCUT2D eigenvalue weighted by molar-refractivity contribution is -0.122. The molecule has 1 amide bonds. The van der Waals surface area contributed by atoms with E-state index in [9.17, 15) is 4.79 Å². The van der Waals surface area contributed by atoms with Crippen LogP contribution in [0.25, 0.3) is 0 Å². The van der Waals surface area contributed by atoms with Crippen LogP contribution in [0.3, 0.4) is 0 Å². The Bertz CT molecular complexity index is 370. The van der Waals surface area contributed by atoms with Gasteiger partial charge in [0.2, 0.25) is 5.91 Å². The molecule has 0 radical (unpaired) electrons. The summed E-state index contributed by atoms with van der Waals surface area (Å²) in [6.07, 6.45) is 1.83. The molecule has 5 heteroatoms. The van der Waals surface area contributed by atoms with E-state index in [1.54, 1.807) is 4.90 Å². The summed E-state index contributed by atoms with van der Waals surface area (Å²) < 4.78 is 0. The van der Waals surface area contributed by atoms with Gasteiger partial charge in [-0.3, -0.25) is 4.79 Å². The molecule has 2 N–H and O–H groups in total. The second kappa shape index (κ2) is 6.02. The van der Waals surface area contributed by atoms with E-state index in [2.05, 4.69) is 15.2 Å². The van der Waals surface area contributed by atoms with Crippen LogP contribution in [0.1, 0.15) is 6.92 Å². The first-order valence-corrected chi connectivity index (χ1v) is 6.52. The zero-order chi connectivity index (χ0) is 13.0. The molecule has 0 aliphatic carbocycles. The van der Waals surface area contributed by atoms with E-state index in [1.165, 1.54) is 0 Å². The average molecular weight is 250 g/mol. The molecule has 18 heavy (non-hydrogen) atoms. The minimum Gasteiger partial charge on any atom is -0.348 e. The van der Waals surface area contributed by atoms with Crippen molar-refractivity contribution in [2.45, 2.75) is 6.92 Å². The highest BCUT2D eigenvalue weighted by Crippen LogP contribution is 2.12. The number of carbonyl (C=O) groups is 1. The molecule has 1 unspecified atom stereocenters. The number of amides is 1. The predicted molar refractivity (Wildman–Crippen MR) is 72.7 cm³/mol. The molecule has 1 fully saturated rings. The molecule has 1 aromatic rings. The van der Waals surface area contributed by atoms with Gasteiger partial charge < -0.3 is 20.1 Å². The van der Waals surface area contributed by atoms with E-state index in [0.717, 1.165) is 38.5 Å². The molecule has 1 saturated heterocycles. The highest BCUT2D eigenvalue weighted by Gasteiger charge is 2.22. The third-order valence-corrected chi connectivity index (χ3v) is 3.44. The minimum absolute atomic E-state index is 0.0244. The first-order chi connectivity index (χ1) is 8.68. The Kier molecular flexibility index (Phi) is 4.38. The molecule has 0 saturated carbocycles. The Morgan fingerprint density at radius 2 is 2.22 bits per heavy atom. The van der Waals surface area contributed by atoms with E-state index in [4.69, 9.17) is 0 Å². The van der Waals surface area contributed by atoms with Crippen LogP contribution in [0.15, 0.2) is 18.3 Å². The number of anilines is 1. The molecular weight excluding hydrogens is 228 g/mol. The van der Waals surface area contributed by atoms with Crippen molar-refractivity contribution in [2.24, 2.45) is 5.92 Å². The smallest absolute Gasteiger partial charge is 0.231 e. The van der Waals surface area contributed by atoms with Gasteiger partial charge in [-0.1, -0.05) is 6.92 Å². The van der Waals surface area contributed by atoms with Crippen molar-refractivity contribution in [1.29, 1.82) is 0 Å². The Morgan fingerprint density at radius 3 is 2.83 bits per heavy atom. The zero-order valence-electron chi connectivity index (χ0n) is 11.1. The molecule has 2 rings (SSSR count). The summed E-state index contributed by atoms with van der Waals surface area (Å²) in [5.74, 6) is 1.04. The standard InChI is InChI=1S/C13H22N4O/c1-11(10-17-8-6-14-7-9-17)13(18)16(2)12-4-3-5-15-12/h3-5,11,14-15H,6-10H2,1-2H3. The molecule has 0 aromatic carbocycles. The number of H-pyrrole nitrogens is 1. The molecule has 0 bridgehead atoms. The van der Waals surface area contributed by atoms with Gasteiger partial charge in [-0.15, -0.1) is 0 Å². The molecule has 1 atom stereocenters. The topological polar surface area (TPSA) is 51.4 Å². The van der Waals surface area contributed by atoms with Gasteiger partial charge in [0.05, 0.1) is 0 Å². The van der Waals surface area contributed by atoms with Crippen LogP contribution < -0.4 is 10.2 Å². The highest BCUT2D eigenvalue weighted by molar-refractivity contribution is 5.93. The molecule has 2 heterocycles. The second-order valence-corrected chi connectivity index (χ2v) is 4.90. The summed E-state index contributed by atoms with van der Waals surface area (Å²) in [6, 6.07) is 3.81. The lowest BCUT2D eigenvalue weighted by atomic mass is 10.1. The lowest BCUT2D eigenvalue weighted by Gasteiger charge is -2.30. The quantitative estimate of drug-likeness (QED) is 0.819. The number of piperazine rings is 1. The molecule has 5 nitrogen and oxygen atoms in total. The Labute approximate surface area is 108 Å². The van der Waals surface area contributed by atoms with Gasteiger partial charge in [0, 0.05) is 51.9 Å². The monoisotopic (exact) mass is 250 g/mol. The molecule has 100 valence electrons. The summed E-state index contributed by atoms with van der Waals surface area (Å²) in [5, 5.41) is 3.32. The number of hydrogen-bond acceptors (Lipinski definition) is 3. The second-order valence-electron chi connectivity index (χ2n) is 4.90. The van der Waals surface area contributed by atoms with E-state index < -0.39 is 0 Å². The van der Waals surface area contributed by atoms with Gasteiger partial charge in [0.15, 0.2) is 0 Å². The van der Waals surface area contributed by atoms with Crippen LogP contribution in [0, 0.1) is 5.92 Å². The van der Waals surface area contributed by atoms with Gasteiger partial charge >= 0.3 is 0 Å². The molecular formula is C13H22N4O. The van der Waals surface area contributed by atoms with E-state index in [1.807, 2.05) is 32.3 Å². The number of nitrogens with one attached hydrogen (secondary N) is 2. The maximum Gasteiger partial charge on any atom is 0.231 e. The van der Waals surface area contributed by atoms with Crippen LogP contribution >= 0.6 is 0 Å². The number of hydrogen-bond donors (Lipinski definition) is 2. The predicted octanol–water partition coefficient (Wildman–Crippen LogP) is 0.519. The van der Waals surface area contributed by atoms with Gasteiger partial charge in [0.1, 0.15) is 5.82 Å². The molecule has 1 aliphatic heterocycles. The third-order valence-electron chi connectivity index (χ3n) is 3.44. The average Bonchev–Trinajstić information content (AvgIpc) is 2.92. The first-order valence-electron chi connectivity index (χ1n) is 6.52. The Morgan fingerprint density at radius 1 is 1.50 bits per heavy atom. The van der Waals surface area contributed by atoms with Gasteiger partial charge in [-0.05, 0) is 12.1 Å². The first kappa shape index (κ1) is 13.1. The van der Waals surface area contributed by atoms with Crippen LogP contribution in [-0.2, 0) is 4.79 Å². The molecule has 1 aromatic heterocycles. The maximum atomic E-state index is 12.3. The van der Waals surface area contributed by atoms with E-state index >= 15 is 0 Å². The van der Waals surface area contributed by atoms with Crippen molar-refractivity contribution >= 4 is 11.7 Å². The lowest BCUT2D eigenvalue weighted by Crippen LogP contribution is -2.47. The van der Waals surface area contributed by atoms with Gasteiger partial charge in [0.25, 0.3) is 0 Å². The van der Waals surface area contributed by atoms with Crippen molar-refractivity contribution in [3.8, 4) is 0 Å². The number of rotatable bonds is 4. The fraction of sp³-hybridized carbons (Fsp3) is 0.615. The van der Waals surface area contributed by atoms with E-state index in [-0.39, 0.29) is 11.8 Å². The Balaban J connectivity index is 1.87. The van der Waals surface area contributed by atoms with Crippen molar-refractivity contribution in [2.75, 3.05) is 44.7 Å². The van der Waals surface area contributed by atoms with Crippen molar-refractivity contribution in [1.82, 2.24) is 15.2 Å². The third kappa shape index (κ3) is 3.11. The summed E-state index contributed by atoms with van der Waals surface area (Å²) in [6.45, 7) is 6.95. The number of aromatic amines is 1. The number of nitrogens with zero attached hydrogens (tertiary/aromatic N) is 2. The Hall–Kier alpha value is -1.33. The van der Waals surface area contributed by atoms with Crippen LogP contribution in [-0.4, -0.2) is 55.6 Å². The zero-order valence-corrected chi connectivity index (χ0v) is 11.1. The van der Waals surface area contributed by atoms with Crippen molar-refractivity contribution in [3.05, 3.63) is 18.3 Å². The largest absolute Gasteiger partial charge is 0.348 e. The van der Waals surface area contributed by atoms with Gasteiger partial charge in [-0.25, -0.2) is 0 Å². The summed E-state index contributed by atoms with van der Waals surface area (Å²) in [7, 11) is 1.82. The fourth-order valence-corrected chi connectivity index (χ4v) is 2.34. The fourth-order valence-electron chi connectivity index (χ4n) is 2.34. The van der Waals surface area contributed by atoms with Crippen LogP contribution in [0.4, 0.5) is 5.82 Å². The van der Waals surface area contributed by atoms with Crippen LogP contribution in [0.5, 0.6) is 0 Å². The number of aromatic nitrogens is 1. The van der Waals surface area contributed by atoms with Crippen LogP contribution in [0.2, 0.25) is 0 Å². The normalized spacial score (nSPS) is 18.6. The van der Waals surface area contributed by atoms with E-state index in [0.29, 0.717) is 0 Å². The van der Waals surface area contributed by atoms with Gasteiger partial charge in [-0.2, -0.15) is 0 Å². The number of carbonyl (C=O) groups excluding carboxylic acids is 1. The summed E-state index contributed by atoms with van der Waals surface area (Å²) in [5.41, 5.74) is 0. The minimum atomic E-state index is 0.0244. The summed E-state index contributed by atoms with van der Waals surface area (Å²) in [4.78, 5) is 19.4. The summed E-state index contributed by atoms with van der Waals surface area (Å²) >= 11 is 0. The van der Waals surface area contributed by atoms with Crippen molar-refractivity contribution < 1.29 is 4.79 Å². The molecule has 1 aliphatic rings. The van der Waals surface area contributed by atoms with Crippen molar-refractivity contribution in [3.63, 3.8) is 0 Å². The highest BCUT2D eigenvalue weighted by atomic mass is 16.2. The molecule has 0 spiro atoms. The SMILES string of the molecule is CC(CN1CCNCC1)C(=O)N(C)c1ccc[nH]1.